The molecule has 0 bridgehead atoms. The van der Waals surface area contributed by atoms with Crippen molar-refractivity contribution in [3.05, 3.63) is 0 Å². The zero-order chi connectivity index (χ0) is 15.3. The summed E-state index contributed by atoms with van der Waals surface area (Å²) in [6.07, 6.45) is -0.0732. The Hall–Kier alpha value is -1.59. The summed E-state index contributed by atoms with van der Waals surface area (Å²) in [5, 5.41) is 11.6. The third-order valence-corrected chi connectivity index (χ3v) is 1.74. The Labute approximate surface area is 113 Å². The lowest BCUT2D eigenvalue weighted by Crippen LogP contribution is -2.30. The minimum absolute atomic E-state index is 0.0275. The molecule has 0 aliphatic carbocycles. The molecule has 6 heteroatoms. The van der Waals surface area contributed by atoms with Crippen LogP contribution in [0.2, 0.25) is 0 Å². The van der Waals surface area contributed by atoms with Crippen LogP contribution in [0.1, 0.15) is 54.4 Å². The van der Waals surface area contributed by atoms with Gasteiger partial charge in [0, 0.05) is 6.42 Å². The Morgan fingerprint density at radius 2 is 1.42 bits per heavy atom. The predicted octanol–water partition coefficient (Wildman–Crippen LogP) is 2.28. The maximum atomic E-state index is 11.6. The molecule has 0 aliphatic rings. The van der Waals surface area contributed by atoms with Gasteiger partial charge in [-0.1, -0.05) is 5.16 Å². The van der Waals surface area contributed by atoms with E-state index in [0.29, 0.717) is 0 Å². The number of nitrogens with zero attached hydrogens (tertiary/aromatic N) is 1. The molecule has 0 radical (unpaired) electrons. The Morgan fingerprint density at radius 1 is 0.947 bits per heavy atom. The maximum Gasteiger partial charge on any atom is 0.356 e. The van der Waals surface area contributed by atoms with Gasteiger partial charge in [-0.2, -0.15) is 0 Å². The number of hydrogen-bond acceptors (Lipinski definition) is 6. The van der Waals surface area contributed by atoms with Gasteiger partial charge in [-0.3, -0.25) is 4.79 Å². The molecule has 0 saturated carbocycles. The van der Waals surface area contributed by atoms with Gasteiger partial charge in [0.15, 0.2) is 5.71 Å². The Balaban J connectivity index is 4.37. The van der Waals surface area contributed by atoms with Crippen molar-refractivity contribution in [1.29, 1.82) is 0 Å². The van der Waals surface area contributed by atoms with E-state index in [4.69, 9.17) is 14.7 Å². The van der Waals surface area contributed by atoms with Gasteiger partial charge in [-0.25, -0.2) is 4.79 Å². The average molecular weight is 273 g/mol. The van der Waals surface area contributed by atoms with E-state index in [-0.39, 0.29) is 18.6 Å². The largest absolute Gasteiger partial charge is 0.460 e. The molecule has 6 nitrogen and oxygen atoms in total. The van der Waals surface area contributed by atoms with Crippen molar-refractivity contribution in [3.8, 4) is 0 Å². The van der Waals surface area contributed by atoms with Gasteiger partial charge < -0.3 is 14.7 Å². The van der Waals surface area contributed by atoms with Crippen molar-refractivity contribution in [3.63, 3.8) is 0 Å². The summed E-state index contributed by atoms with van der Waals surface area (Å²) < 4.78 is 10.1. The molecule has 0 saturated heterocycles. The molecule has 0 fully saturated rings. The third-order valence-electron chi connectivity index (χ3n) is 1.74. The molecule has 1 N–H and O–H groups in total. The molecular formula is C13H23NO5. The highest BCUT2D eigenvalue weighted by atomic mass is 16.6. The highest BCUT2D eigenvalue weighted by molar-refractivity contribution is 6.36. The molecule has 0 aromatic carbocycles. The molecular weight excluding hydrogens is 250 g/mol. The van der Waals surface area contributed by atoms with Gasteiger partial charge in [0.25, 0.3) is 0 Å². The van der Waals surface area contributed by atoms with E-state index in [1.807, 2.05) is 0 Å². The molecule has 0 atom stereocenters. The minimum Gasteiger partial charge on any atom is -0.460 e. The van der Waals surface area contributed by atoms with Gasteiger partial charge in [0.05, 0.1) is 6.42 Å². The normalized spacial score (nSPS) is 13.1. The van der Waals surface area contributed by atoms with Crippen LogP contribution in [0.3, 0.4) is 0 Å². The number of rotatable bonds is 4. The molecule has 0 spiro atoms. The van der Waals surface area contributed by atoms with Crippen LogP contribution in [0, 0.1) is 0 Å². The lowest BCUT2D eigenvalue weighted by atomic mass is 10.1. The molecule has 0 unspecified atom stereocenters. The summed E-state index contributed by atoms with van der Waals surface area (Å²) >= 11 is 0. The molecule has 0 aliphatic heterocycles. The fourth-order valence-electron chi connectivity index (χ4n) is 1.14. The van der Waals surface area contributed by atoms with Crippen LogP contribution in [0.4, 0.5) is 0 Å². The smallest absolute Gasteiger partial charge is 0.356 e. The second kappa shape index (κ2) is 6.54. The fourth-order valence-corrected chi connectivity index (χ4v) is 1.14. The second-order valence-electron chi connectivity index (χ2n) is 6.14. The number of carbonyl (C=O) groups is 2. The Kier molecular flexibility index (Phi) is 5.99. The molecule has 0 aromatic heterocycles. The standard InChI is InChI=1S/C13H23NO5/c1-12(2,3)18-10(15)8-7-9(14-17)11(16)19-13(4,5)6/h17H,7-8H2,1-6H3/b14-9+. The van der Waals surface area contributed by atoms with Crippen LogP contribution >= 0.6 is 0 Å². The first-order valence-corrected chi connectivity index (χ1v) is 6.11. The van der Waals surface area contributed by atoms with Gasteiger partial charge in [-0.15, -0.1) is 0 Å². The molecule has 0 rings (SSSR count). The summed E-state index contributed by atoms with van der Waals surface area (Å²) in [4.78, 5) is 23.1. The first kappa shape index (κ1) is 17.4. The summed E-state index contributed by atoms with van der Waals surface area (Å²) in [6.45, 7) is 10.4. The highest BCUT2D eigenvalue weighted by Crippen LogP contribution is 2.11. The first-order valence-electron chi connectivity index (χ1n) is 6.11. The summed E-state index contributed by atoms with van der Waals surface area (Å²) in [6, 6.07) is 0. The fraction of sp³-hybridized carbons (Fsp3) is 0.769. The maximum absolute atomic E-state index is 11.6. The number of ether oxygens (including phenoxy) is 2. The zero-order valence-corrected chi connectivity index (χ0v) is 12.4. The second-order valence-corrected chi connectivity index (χ2v) is 6.14. The quantitative estimate of drug-likeness (QED) is 0.367. The van der Waals surface area contributed by atoms with E-state index in [0.717, 1.165) is 0 Å². The van der Waals surface area contributed by atoms with Crippen LogP contribution in [0.25, 0.3) is 0 Å². The van der Waals surface area contributed by atoms with Crippen molar-refractivity contribution in [2.24, 2.45) is 5.16 Å². The number of carbonyl (C=O) groups excluding carboxylic acids is 2. The van der Waals surface area contributed by atoms with E-state index in [9.17, 15) is 9.59 Å². The predicted molar refractivity (Wildman–Crippen MR) is 70.1 cm³/mol. The van der Waals surface area contributed by atoms with Crippen LogP contribution in [-0.2, 0) is 19.1 Å². The number of oxime groups is 1. The van der Waals surface area contributed by atoms with E-state index in [1.165, 1.54) is 0 Å². The van der Waals surface area contributed by atoms with Crippen molar-refractivity contribution >= 4 is 17.7 Å². The highest BCUT2D eigenvalue weighted by Gasteiger charge is 2.23. The lowest BCUT2D eigenvalue weighted by molar-refractivity contribution is -0.154. The molecule has 0 amide bonds. The van der Waals surface area contributed by atoms with Crippen molar-refractivity contribution < 1.29 is 24.3 Å². The molecule has 0 heterocycles. The monoisotopic (exact) mass is 273 g/mol. The Morgan fingerprint density at radius 3 is 1.79 bits per heavy atom. The van der Waals surface area contributed by atoms with E-state index >= 15 is 0 Å². The molecule has 19 heavy (non-hydrogen) atoms. The van der Waals surface area contributed by atoms with Crippen molar-refractivity contribution in [2.75, 3.05) is 0 Å². The average Bonchev–Trinajstić information content (AvgIpc) is 2.12. The first-order chi connectivity index (χ1) is 8.44. The van der Waals surface area contributed by atoms with E-state index in [2.05, 4.69) is 5.16 Å². The Bertz CT molecular complexity index is 360. The third kappa shape index (κ3) is 9.04. The molecule has 110 valence electrons. The topological polar surface area (TPSA) is 85.2 Å². The van der Waals surface area contributed by atoms with Crippen LogP contribution in [0.15, 0.2) is 5.16 Å². The van der Waals surface area contributed by atoms with Crippen LogP contribution < -0.4 is 0 Å². The van der Waals surface area contributed by atoms with Gasteiger partial charge in [-0.05, 0) is 41.5 Å². The summed E-state index contributed by atoms with van der Waals surface area (Å²) in [5.74, 6) is -1.20. The van der Waals surface area contributed by atoms with E-state index < -0.39 is 23.1 Å². The summed E-state index contributed by atoms with van der Waals surface area (Å²) in [5.41, 5.74) is -1.46. The summed E-state index contributed by atoms with van der Waals surface area (Å²) in [7, 11) is 0. The zero-order valence-electron chi connectivity index (χ0n) is 12.4. The SMILES string of the molecule is CC(C)(C)OC(=O)CC/C(=N\O)C(=O)OC(C)(C)C. The number of esters is 2. The van der Waals surface area contributed by atoms with E-state index in [1.54, 1.807) is 41.5 Å². The van der Waals surface area contributed by atoms with Crippen molar-refractivity contribution in [1.82, 2.24) is 0 Å². The number of hydrogen-bond donors (Lipinski definition) is 1. The van der Waals surface area contributed by atoms with Crippen LogP contribution in [0.5, 0.6) is 0 Å². The van der Waals surface area contributed by atoms with Gasteiger partial charge >= 0.3 is 11.9 Å². The van der Waals surface area contributed by atoms with Gasteiger partial charge in [0.2, 0.25) is 0 Å². The lowest BCUT2D eigenvalue weighted by Gasteiger charge is -2.20. The minimum atomic E-state index is -0.737. The molecule has 0 aromatic rings. The van der Waals surface area contributed by atoms with Crippen molar-refractivity contribution in [2.45, 2.75) is 65.6 Å². The van der Waals surface area contributed by atoms with Crippen LogP contribution in [-0.4, -0.2) is 34.1 Å². The van der Waals surface area contributed by atoms with Gasteiger partial charge in [0.1, 0.15) is 11.2 Å².